The number of ether oxygens (including phenoxy) is 1. The number of methoxy groups -OCH3 is 1. The monoisotopic (exact) mass is 247 g/mol. The molecule has 17 heavy (non-hydrogen) atoms. The summed E-state index contributed by atoms with van der Waals surface area (Å²) in [6, 6.07) is -1.92. The Bertz CT molecular complexity index is 428. The summed E-state index contributed by atoms with van der Waals surface area (Å²) in [6.07, 6.45) is -1.51. The third kappa shape index (κ3) is 2.02. The number of hydrogen-bond donors (Lipinski definition) is 0. The lowest BCUT2D eigenvalue weighted by atomic mass is 10.0. The van der Waals surface area contributed by atoms with Crippen LogP contribution < -0.4 is 0 Å². The summed E-state index contributed by atoms with van der Waals surface area (Å²) < 4.78 is 41.9. The van der Waals surface area contributed by atoms with Crippen LogP contribution in [0.4, 0.5) is 13.2 Å². The van der Waals surface area contributed by atoms with E-state index < -0.39 is 29.8 Å². The van der Waals surface area contributed by atoms with E-state index in [1.165, 1.54) is 5.01 Å². The van der Waals surface area contributed by atoms with Crippen LogP contribution in [0.5, 0.6) is 0 Å². The Morgan fingerprint density at radius 2 is 2.24 bits per heavy atom. The van der Waals surface area contributed by atoms with Crippen LogP contribution in [0.3, 0.4) is 0 Å². The molecule has 0 amide bonds. The zero-order valence-corrected chi connectivity index (χ0v) is 8.68. The van der Waals surface area contributed by atoms with Gasteiger partial charge in [-0.3, -0.25) is 0 Å². The van der Waals surface area contributed by atoms with Gasteiger partial charge >= 0.3 is 12.1 Å². The van der Waals surface area contributed by atoms with Crippen LogP contribution in [0.15, 0.2) is 34.3 Å². The van der Waals surface area contributed by atoms with Crippen LogP contribution in [0.2, 0.25) is 0 Å². The zero-order valence-electron chi connectivity index (χ0n) is 8.68. The third-order valence-corrected chi connectivity index (χ3v) is 2.44. The Morgan fingerprint density at radius 3 is 2.82 bits per heavy atom. The molecule has 0 aromatic rings. The number of hydrogen-bond acceptors (Lipinski definition) is 5. The van der Waals surface area contributed by atoms with Crippen molar-refractivity contribution in [1.82, 2.24) is 5.01 Å². The summed E-state index contributed by atoms with van der Waals surface area (Å²) in [5, 5.41) is 8.36. The van der Waals surface area contributed by atoms with E-state index in [1.54, 1.807) is 0 Å². The van der Waals surface area contributed by atoms with Crippen molar-refractivity contribution in [3.63, 3.8) is 0 Å². The Balaban J connectivity index is 2.26. The second-order valence-corrected chi connectivity index (χ2v) is 3.48. The number of carbonyl (C=O) groups excluding carboxylic acids is 1. The molecule has 0 saturated carbocycles. The first-order valence-electron chi connectivity index (χ1n) is 4.67. The van der Waals surface area contributed by atoms with Gasteiger partial charge in [-0.1, -0.05) is 5.22 Å². The molecule has 0 aliphatic carbocycles. The number of alkyl halides is 3. The molecule has 2 aliphatic heterocycles. The number of halogens is 3. The molecule has 2 atom stereocenters. The van der Waals surface area contributed by atoms with Gasteiger partial charge in [0.25, 0.3) is 0 Å². The van der Waals surface area contributed by atoms with E-state index >= 15 is 0 Å². The van der Waals surface area contributed by atoms with Gasteiger partial charge in [0.05, 0.1) is 12.7 Å². The zero-order chi connectivity index (χ0) is 12.6. The standard InChI is InChI=1S/C9H8F3N3O2/c1-17-8(16)7-6-4-5(9(10,11)12)2-3-15(6)14-13-7/h2-4,6-7H,1H3. The van der Waals surface area contributed by atoms with Crippen LogP contribution >= 0.6 is 0 Å². The van der Waals surface area contributed by atoms with Crippen LogP contribution in [-0.2, 0) is 9.53 Å². The van der Waals surface area contributed by atoms with Crippen LogP contribution in [0, 0.1) is 0 Å². The van der Waals surface area contributed by atoms with Crippen molar-refractivity contribution in [3.05, 3.63) is 23.9 Å². The number of esters is 1. The van der Waals surface area contributed by atoms with Gasteiger partial charge in [-0.2, -0.15) is 18.3 Å². The van der Waals surface area contributed by atoms with Gasteiger partial charge in [-0.05, 0) is 12.2 Å². The molecule has 0 bridgehead atoms. The minimum absolute atomic E-state index is 0.714. The quantitative estimate of drug-likeness (QED) is 0.661. The largest absolute Gasteiger partial charge is 0.467 e. The molecular weight excluding hydrogens is 239 g/mol. The second kappa shape index (κ2) is 3.86. The third-order valence-electron chi connectivity index (χ3n) is 2.44. The van der Waals surface area contributed by atoms with Crippen LogP contribution in [-0.4, -0.2) is 36.3 Å². The van der Waals surface area contributed by atoms with Crippen LogP contribution in [0.1, 0.15) is 0 Å². The summed E-state index contributed by atoms with van der Waals surface area (Å²) in [4.78, 5) is 11.3. The normalized spacial score (nSPS) is 26.8. The Kier molecular flexibility index (Phi) is 2.64. The summed E-state index contributed by atoms with van der Waals surface area (Å²) in [7, 11) is 1.15. The van der Waals surface area contributed by atoms with Gasteiger partial charge in [0.1, 0.15) is 6.04 Å². The topological polar surface area (TPSA) is 54.3 Å². The number of fused-ring (bicyclic) bond motifs is 1. The second-order valence-electron chi connectivity index (χ2n) is 3.48. The fourth-order valence-electron chi connectivity index (χ4n) is 1.58. The van der Waals surface area contributed by atoms with Gasteiger partial charge in [0, 0.05) is 6.20 Å². The maximum Gasteiger partial charge on any atom is 0.416 e. The summed E-state index contributed by atoms with van der Waals surface area (Å²) >= 11 is 0. The lowest BCUT2D eigenvalue weighted by molar-refractivity contribution is -0.142. The predicted octanol–water partition coefficient (Wildman–Crippen LogP) is 1.60. The fraction of sp³-hybridized carbons (Fsp3) is 0.444. The highest BCUT2D eigenvalue weighted by atomic mass is 19.4. The SMILES string of the molecule is COC(=O)C1N=NN2C=CC(C(F)(F)F)=CC12. The first kappa shape index (κ1) is 11.6. The molecule has 0 aromatic heterocycles. The molecule has 0 radical (unpaired) electrons. The van der Waals surface area contributed by atoms with Crippen molar-refractivity contribution < 1.29 is 22.7 Å². The van der Waals surface area contributed by atoms with E-state index in [-0.39, 0.29) is 0 Å². The lowest BCUT2D eigenvalue weighted by Gasteiger charge is -2.23. The maximum absolute atomic E-state index is 12.5. The van der Waals surface area contributed by atoms with Gasteiger partial charge in [-0.25, -0.2) is 9.80 Å². The van der Waals surface area contributed by atoms with Crippen molar-refractivity contribution in [2.75, 3.05) is 7.11 Å². The van der Waals surface area contributed by atoms with Crippen molar-refractivity contribution in [3.8, 4) is 0 Å². The Labute approximate surface area is 94.2 Å². The highest BCUT2D eigenvalue weighted by Crippen LogP contribution is 2.33. The van der Waals surface area contributed by atoms with E-state index in [2.05, 4.69) is 15.1 Å². The highest BCUT2D eigenvalue weighted by molar-refractivity contribution is 5.77. The molecule has 0 fully saturated rings. The predicted molar refractivity (Wildman–Crippen MR) is 49.6 cm³/mol. The molecule has 5 nitrogen and oxygen atoms in total. The molecule has 8 heteroatoms. The average Bonchev–Trinajstić information content (AvgIpc) is 2.69. The van der Waals surface area contributed by atoms with Gasteiger partial charge < -0.3 is 4.74 Å². The minimum atomic E-state index is -4.45. The minimum Gasteiger partial charge on any atom is -0.467 e. The molecule has 0 N–H and O–H groups in total. The van der Waals surface area contributed by atoms with E-state index in [9.17, 15) is 18.0 Å². The summed E-state index contributed by atoms with van der Waals surface area (Å²) in [5.74, 6) is -0.714. The molecule has 0 saturated heterocycles. The highest BCUT2D eigenvalue weighted by Gasteiger charge is 2.42. The summed E-state index contributed by atoms with van der Waals surface area (Å²) in [6.45, 7) is 0. The Morgan fingerprint density at radius 1 is 1.53 bits per heavy atom. The van der Waals surface area contributed by atoms with Crippen molar-refractivity contribution in [1.29, 1.82) is 0 Å². The van der Waals surface area contributed by atoms with Crippen LogP contribution in [0.25, 0.3) is 0 Å². The molecular formula is C9H8F3N3O2. The number of nitrogens with zero attached hydrogens (tertiary/aromatic N) is 3. The Hall–Kier alpha value is -1.86. The van der Waals surface area contributed by atoms with Crippen molar-refractivity contribution in [2.45, 2.75) is 18.3 Å². The number of allylic oxidation sites excluding steroid dienone is 2. The number of carbonyl (C=O) groups is 1. The van der Waals surface area contributed by atoms with E-state index in [4.69, 9.17) is 0 Å². The van der Waals surface area contributed by atoms with Gasteiger partial charge in [0.2, 0.25) is 0 Å². The van der Waals surface area contributed by atoms with E-state index in [0.29, 0.717) is 0 Å². The van der Waals surface area contributed by atoms with Gasteiger partial charge in [0.15, 0.2) is 6.04 Å². The number of rotatable bonds is 1. The van der Waals surface area contributed by atoms with E-state index in [0.717, 1.165) is 25.5 Å². The fourth-order valence-corrected chi connectivity index (χ4v) is 1.58. The maximum atomic E-state index is 12.5. The average molecular weight is 247 g/mol. The first-order valence-corrected chi connectivity index (χ1v) is 4.67. The molecule has 92 valence electrons. The summed E-state index contributed by atoms with van der Waals surface area (Å²) in [5.41, 5.74) is -0.819. The first-order chi connectivity index (χ1) is 7.93. The smallest absolute Gasteiger partial charge is 0.416 e. The van der Waals surface area contributed by atoms with E-state index in [1.807, 2.05) is 0 Å². The van der Waals surface area contributed by atoms with Crippen molar-refractivity contribution in [2.24, 2.45) is 10.3 Å². The molecule has 2 aliphatic rings. The van der Waals surface area contributed by atoms with Gasteiger partial charge in [-0.15, -0.1) is 0 Å². The molecule has 0 aromatic carbocycles. The molecule has 2 heterocycles. The van der Waals surface area contributed by atoms with Crippen molar-refractivity contribution >= 4 is 5.97 Å². The molecule has 2 rings (SSSR count). The lowest BCUT2D eigenvalue weighted by Crippen LogP contribution is -2.38. The molecule has 0 spiro atoms. The molecule has 2 unspecified atom stereocenters.